The molecule has 0 saturated heterocycles. The van der Waals surface area contributed by atoms with Gasteiger partial charge in [-0.3, -0.25) is 15.0 Å². The average Bonchev–Trinajstić information content (AvgIpc) is 2.44. The molecule has 3 aromatic rings. The Kier molecular flexibility index (Phi) is 2.71. The molecule has 2 heterocycles. The molecular weight excluding hydrogens is 241 g/mol. The molecule has 4 heteroatoms. The molecule has 0 unspecified atom stereocenters. The Hall–Kier alpha value is -2.36. The molecule has 0 saturated carbocycles. The highest BCUT2D eigenvalue weighted by Crippen LogP contribution is 2.27. The number of fused-ring (bicyclic) bond motifs is 1. The van der Waals surface area contributed by atoms with E-state index in [1.807, 2.05) is 13.8 Å². The SMILES string of the molecule is Cc1nc(-c2ccc(F)cc2)c(C)c2nccnc12. The fourth-order valence-corrected chi connectivity index (χ4v) is 2.18. The zero-order valence-corrected chi connectivity index (χ0v) is 10.7. The number of hydrogen-bond acceptors (Lipinski definition) is 3. The molecule has 0 atom stereocenters. The van der Waals surface area contributed by atoms with Gasteiger partial charge in [-0.15, -0.1) is 0 Å². The normalized spacial score (nSPS) is 10.9. The van der Waals surface area contributed by atoms with Gasteiger partial charge in [0.15, 0.2) is 0 Å². The van der Waals surface area contributed by atoms with Crippen LogP contribution < -0.4 is 0 Å². The summed E-state index contributed by atoms with van der Waals surface area (Å²) < 4.78 is 13.0. The monoisotopic (exact) mass is 253 g/mol. The Morgan fingerprint density at radius 2 is 1.53 bits per heavy atom. The van der Waals surface area contributed by atoms with Gasteiger partial charge in [0, 0.05) is 23.5 Å². The molecule has 19 heavy (non-hydrogen) atoms. The van der Waals surface area contributed by atoms with Crippen molar-refractivity contribution >= 4 is 11.0 Å². The molecule has 94 valence electrons. The van der Waals surface area contributed by atoms with E-state index in [-0.39, 0.29) is 5.82 Å². The summed E-state index contributed by atoms with van der Waals surface area (Å²) in [6.07, 6.45) is 3.33. The molecule has 2 aromatic heterocycles. The summed E-state index contributed by atoms with van der Waals surface area (Å²) in [5, 5.41) is 0. The molecule has 0 fully saturated rings. The zero-order chi connectivity index (χ0) is 13.4. The number of hydrogen-bond donors (Lipinski definition) is 0. The van der Waals surface area contributed by atoms with Gasteiger partial charge in [0.2, 0.25) is 0 Å². The highest BCUT2D eigenvalue weighted by molar-refractivity contribution is 5.85. The summed E-state index contributed by atoms with van der Waals surface area (Å²) >= 11 is 0. The molecule has 0 amide bonds. The van der Waals surface area contributed by atoms with Gasteiger partial charge in [-0.05, 0) is 38.1 Å². The van der Waals surface area contributed by atoms with Gasteiger partial charge >= 0.3 is 0 Å². The standard InChI is InChI=1S/C15H12FN3/c1-9-13(11-3-5-12(16)6-4-11)19-10(2)15-14(9)17-7-8-18-15/h3-8H,1-2H3. The average molecular weight is 253 g/mol. The Labute approximate surface area is 110 Å². The van der Waals surface area contributed by atoms with Crippen molar-refractivity contribution in [3.05, 3.63) is 53.7 Å². The Morgan fingerprint density at radius 3 is 2.21 bits per heavy atom. The minimum atomic E-state index is -0.251. The molecule has 0 N–H and O–H groups in total. The van der Waals surface area contributed by atoms with Crippen LogP contribution in [0.2, 0.25) is 0 Å². The number of aromatic nitrogens is 3. The molecule has 0 radical (unpaired) electrons. The predicted octanol–water partition coefficient (Wildman–Crippen LogP) is 3.45. The van der Waals surface area contributed by atoms with Gasteiger partial charge in [-0.25, -0.2) is 4.39 Å². The Morgan fingerprint density at radius 1 is 0.895 bits per heavy atom. The first kappa shape index (κ1) is 11.7. The van der Waals surface area contributed by atoms with E-state index in [1.54, 1.807) is 24.5 Å². The van der Waals surface area contributed by atoms with Crippen molar-refractivity contribution in [3.8, 4) is 11.3 Å². The van der Waals surface area contributed by atoms with Crippen LogP contribution in [0.15, 0.2) is 36.7 Å². The highest BCUT2D eigenvalue weighted by Gasteiger charge is 2.11. The first-order valence-electron chi connectivity index (χ1n) is 6.00. The van der Waals surface area contributed by atoms with E-state index in [1.165, 1.54) is 12.1 Å². The highest BCUT2D eigenvalue weighted by atomic mass is 19.1. The van der Waals surface area contributed by atoms with Crippen LogP contribution in [0.3, 0.4) is 0 Å². The van der Waals surface area contributed by atoms with Crippen molar-refractivity contribution in [1.82, 2.24) is 15.0 Å². The fraction of sp³-hybridized carbons (Fsp3) is 0.133. The van der Waals surface area contributed by atoms with Crippen molar-refractivity contribution in [1.29, 1.82) is 0 Å². The summed E-state index contributed by atoms with van der Waals surface area (Å²) in [4.78, 5) is 13.3. The van der Waals surface area contributed by atoms with Crippen LogP contribution in [0, 0.1) is 19.7 Å². The molecule has 0 aliphatic heterocycles. The minimum absolute atomic E-state index is 0.251. The van der Waals surface area contributed by atoms with Gasteiger partial charge in [0.1, 0.15) is 11.3 Å². The van der Waals surface area contributed by atoms with Crippen molar-refractivity contribution < 1.29 is 4.39 Å². The Balaban J connectivity index is 2.30. The molecule has 0 bridgehead atoms. The lowest BCUT2D eigenvalue weighted by atomic mass is 10.0. The van der Waals surface area contributed by atoms with Crippen LogP contribution in [0.1, 0.15) is 11.3 Å². The van der Waals surface area contributed by atoms with Crippen molar-refractivity contribution in [2.75, 3.05) is 0 Å². The van der Waals surface area contributed by atoms with Gasteiger partial charge in [0.05, 0.1) is 16.9 Å². The molecule has 3 rings (SSSR count). The summed E-state index contributed by atoms with van der Waals surface area (Å²) in [7, 11) is 0. The first-order chi connectivity index (χ1) is 9.16. The summed E-state index contributed by atoms with van der Waals surface area (Å²) in [5.41, 5.74) is 5.15. The fourth-order valence-electron chi connectivity index (χ4n) is 2.18. The van der Waals surface area contributed by atoms with Crippen molar-refractivity contribution in [3.63, 3.8) is 0 Å². The maximum Gasteiger partial charge on any atom is 0.123 e. The lowest BCUT2D eigenvalue weighted by Crippen LogP contribution is -1.97. The number of halogens is 1. The number of nitrogens with zero attached hydrogens (tertiary/aromatic N) is 3. The molecular formula is C15H12FN3. The van der Waals surface area contributed by atoms with Crippen LogP contribution >= 0.6 is 0 Å². The third kappa shape index (κ3) is 1.95. The smallest absolute Gasteiger partial charge is 0.123 e. The minimum Gasteiger partial charge on any atom is -0.253 e. The maximum atomic E-state index is 13.0. The van der Waals surface area contributed by atoms with Gasteiger partial charge in [0.25, 0.3) is 0 Å². The zero-order valence-electron chi connectivity index (χ0n) is 10.7. The maximum absolute atomic E-state index is 13.0. The van der Waals surface area contributed by atoms with E-state index in [0.29, 0.717) is 0 Å². The summed E-state index contributed by atoms with van der Waals surface area (Å²) in [6, 6.07) is 6.33. The third-order valence-corrected chi connectivity index (χ3v) is 3.15. The second-order valence-electron chi connectivity index (χ2n) is 4.43. The van der Waals surface area contributed by atoms with E-state index in [9.17, 15) is 4.39 Å². The molecule has 0 aliphatic carbocycles. The largest absolute Gasteiger partial charge is 0.253 e. The van der Waals surface area contributed by atoms with Crippen LogP contribution in [0.4, 0.5) is 4.39 Å². The van der Waals surface area contributed by atoms with Crippen LogP contribution in [-0.2, 0) is 0 Å². The second kappa shape index (κ2) is 4.39. The lowest BCUT2D eigenvalue weighted by molar-refractivity contribution is 0.628. The molecule has 1 aromatic carbocycles. The van der Waals surface area contributed by atoms with E-state index in [0.717, 1.165) is 33.5 Å². The van der Waals surface area contributed by atoms with E-state index < -0.39 is 0 Å². The predicted molar refractivity (Wildman–Crippen MR) is 72.2 cm³/mol. The Bertz CT molecular complexity index is 751. The van der Waals surface area contributed by atoms with Crippen LogP contribution in [-0.4, -0.2) is 15.0 Å². The second-order valence-corrected chi connectivity index (χ2v) is 4.43. The van der Waals surface area contributed by atoms with E-state index in [4.69, 9.17) is 0 Å². The van der Waals surface area contributed by atoms with Gasteiger partial charge in [-0.2, -0.15) is 0 Å². The summed E-state index contributed by atoms with van der Waals surface area (Å²) in [6.45, 7) is 3.87. The number of benzene rings is 1. The molecule has 3 nitrogen and oxygen atoms in total. The number of pyridine rings is 1. The van der Waals surface area contributed by atoms with Crippen LogP contribution in [0.25, 0.3) is 22.3 Å². The van der Waals surface area contributed by atoms with Gasteiger partial charge < -0.3 is 0 Å². The topological polar surface area (TPSA) is 38.7 Å². The lowest BCUT2D eigenvalue weighted by Gasteiger charge is -2.09. The summed E-state index contributed by atoms with van der Waals surface area (Å²) in [5.74, 6) is -0.251. The number of aryl methyl sites for hydroxylation is 2. The van der Waals surface area contributed by atoms with Crippen molar-refractivity contribution in [2.24, 2.45) is 0 Å². The van der Waals surface area contributed by atoms with Crippen molar-refractivity contribution in [2.45, 2.75) is 13.8 Å². The number of rotatable bonds is 1. The quantitative estimate of drug-likeness (QED) is 0.666. The van der Waals surface area contributed by atoms with E-state index in [2.05, 4.69) is 15.0 Å². The molecule has 0 spiro atoms. The van der Waals surface area contributed by atoms with Crippen LogP contribution in [0.5, 0.6) is 0 Å². The van der Waals surface area contributed by atoms with E-state index >= 15 is 0 Å². The van der Waals surface area contributed by atoms with Gasteiger partial charge in [-0.1, -0.05) is 0 Å². The molecule has 0 aliphatic rings. The first-order valence-corrected chi connectivity index (χ1v) is 6.00. The third-order valence-electron chi connectivity index (χ3n) is 3.15.